The number of nitrogens with one attached hydrogen (secondary N) is 1. The van der Waals surface area contributed by atoms with Crippen LogP contribution in [0.5, 0.6) is 5.75 Å². The first-order valence-corrected chi connectivity index (χ1v) is 7.95. The second-order valence-electron chi connectivity index (χ2n) is 6.33. The van der Waals surface area contributed by atoms with Gasteiger partial charge in [-0.2, -0.15) is 0 Å². The molecule has 0 bridgehead atoms. The summed E-state index contributed by atoms with van der Waals surface area (Å²) in [5.74, 6) is 1.61. The van der Waals surface area contributed by atoms with Crippen molar-refractivity contribution < 1.29 is 4.74 Å². The minimum Gasteiger partial charge on any atom is -0.496 e. The Morgan fingerprint density at radius 2 is 2.20 bits per heavy atom. The first-order valence-electron chi connectivity index (χ1n) is 7.57. The van der Waals surface area contributed by atoms with Gasteiger partial charge in [-0.25, -0.2) is 0 Å². The van der Waals surface area contributed by atoms with Gasteiger partial charge in [0.15, 0.2) is 0 Å². The molecular weight excluding hydrogens is 270 g/mol. The molecule has 20 heavy (non-hydrogen) atoms. The van der Waals surface area contributed by atoms with Crippen molar-refractivity contribution in [1.29, 1.82) is 0 Å². The molecule has 2 unspecified atom stereocenters. The second kappa shape index (κ2) is 6.36. The summed E-state index contributed by atoms with van der Waals surface area (Å²) in [6.07, 6.45) is 3.75. The summed E-state index contributed by atoms with van der Waals surface area (Å²) in [7, 11) is 1.75. The van der Waals surface area contributed by atoms with Crippen LogP contribution in [0.1, 0.15) is 45.6 Å². The van der Waals surface area contributed by atoms with E-state index in [0.29, 0.717) is 12.0 Å². The zero-order valence-corrected chi connectivity index (χ0v) is 13.8. The van der Waals surface area contributed by atoms with Crippen LogP contribution in [0.3, 0.4) is 0 Å². The molecule has 1 aromatic rings. The van der Waals surface area contributed by atoms with Crippen molar-refractivity contribution >= 4 is 11.6 Å². The van der Waals surface area contributed by atoms with Crippen molar-refractivity contribution in [1.82, 2.24) is 5.32 Å². The van der Waals surface area contributed by atoms with Gasteiger partial charge < -0.3 is 10.1 Å². The Morgan fingerprint density at radius 3 is 2.75 bits per heavy atom. The normalized spacial score (nSPS) is 26.2. The molecule has 2 atom stereocenters. The second-order valence-corrected chi connectivity index (χ2v) is 6.77. The topological polar surface area (TPSA) is 21.3 Å². The molecule has 1 aromatic carbocycles. The summed E-state index contributed by atoms with van der Waals surface area (Å²) in [4.78, 5) is 0. The van der Waals surface area contributed by atoms with Crippen LogP contribution in [0.4, 0.5) is 0 Å². The zero-order valence-electron chi connectivity index (χ0n) is 13.0. The number of methoxy groups -OCH3 is 1. The highest BCUT2D eigenvalue weighted by Crippen LogP contribution is 2.48. The van der Waals surface area contributed by atoms with E-state index in [1.807, 2.05) is 12.1 Å². The molecule has 3 heteroatoms. The molecule has 112 valence electrons. The lowest BCUT2D eigenvalue weighted by Gasteiger charge is -2.36. The SMILES string of the molecule is COc1ccc(Cl)cc1C1(CNC(C)C)CCCC1C. The first kappa shape index (κ1) is 15.7. The molecule has 1 aliphatic carbocycles. The van der Waals surface area contributed by atoms with Gasteiger partial charge in [-0.3, -0.25) is 0 Å². The molecule has 0 amide bonds. The zero-order chi connectivity index (χ0) is 14.8. The Kier molecular flexibility index (Phi) is 4.98. The molecule has 0 aromatic heterocycles. The third-order valence-corrected chi connectivity index (χ3v) is 4.96. The van der Waals surface area contributed by atoms with Gasteiger partial charge in [0, 0.05) is 28.6 Å². The van der Waals surface area contributed by atoms with Crippen LogP contribution >= 0.6 is 11.6 Å². The number of hydrogen-bond donors (Lipinski definition) is 1. The van der Waals surface area contributed by atoms with Gasteiger partial charge in [-0.15, -0.1) is 0 Å². The van der Waals surface area contributed by atoms with Crippen LogP contribution < -0.4 is 10.1 Å². The Bertz CT molecular complexity index is 460. The smallest absolute Gasteiger partial charge is 0.122 e. The number of rotatable bonds is 5. The summed E-state index contributed by atoms with van der Waals surface area (Å²) in [5, 5.41) is 4.42. The van der Waals surface area contributed by atoms with Crippen LogP contribution in [-0.4, -0.2) is 19.7 Å². The van der Waals surface area contributed by atoms with Gasteiger partial charge >= 0.3 is 0 Å². The van der Waals surface area contributed by atoms with Crippen molar-refractivity contribution in [3.63, 3.8) is 0 Å². The van der Waals surface area contributed by atoms with Gasteiger partial charge in [0.2, 0.25) is 0 Å². The van der Waals surface area contributed by atoms with Gasteiger partial charge in [-0.1, -0.05) is 38.8 Å². The van der Waals surface area contributed by atoms with E-state index in [0.717, 1.165) is 17.3 Å². The van der Waals surface area contributed by atoms with E-state index >= 15 is 0 Å². The largest absolute Gasteiger partial charge is 0.496 e. The minimum absolute atomic E-state index is 0.139. The first-order chi connectivity index (χ1) is 9.49. The summed E-state index contributed by atoms with van der Waals surface area (Å²) < 4.78 is 5.61. The van der Waals surface area contributed by atoms with E-state index in [1.54, 1.807) is 7.11 Å². The summed E-state index contributed by atoms with van der Waals surface area (Å²) >= 11 is 6.25. The van der Waals surface area contributed by atoms with Crippen molar-refractivity contribution in [2.24, 2.45) is 5.92 Å². The lowest BCUT2D eigenvalue weighted by molar-refractivity contribution is 0.293. The Morgan fingerprint density at radius 1 is 1.45 bits per heavy atom. The fourth-order valence-corrected chi connectivity index (χ4v) is 3.63. The van der Waals surface area contributed by atoms with Crippen LogP contribution in [0, 0.1) is 5.92 Å². The predicted octanol–water partition coefficient (Wildman–Crippen LogP) is 4.40. The molecule has 1 N–H and O–H groups in total. The van der Waals surface area contributed by atoms with Crippen LogP contribution in [0.25, 0.3) is 0 Å². The quantitative estimate of drug-likeness (QED) is 0.869. The highest BCUT2D eigenvalue weighted by Gasteiger charge is 2.43. The van der Waals surface area contributed by atoms with E-state index < -0.39 is 0 Å². The maximum Gasteiger partial charge on any atom is 0.122 e. The fourth-order valence-electron chi connectivity index (χ4n) is 3.46. The third kappa shape index (κ3) is 2.96. The Hall–Kier alpha value is -0.730. The van der Waals surface area contributed by atoms with Crippen LogP contribution in [-0.2, 0) is 5.41 Å². The number of halogens is 1. The molecule has 1 aliphatic rings. The molecule has 0 spiro atoms. The number of benzene rings is 1. The van der Waals surface area contributed by atoms with Crippen molar-refractivity contribution in [2.75, 3.05) is 13.7 Å². The molecule has 0 aliphatic heterocycles. The lowest BCUT2D eigenvalue weighted by Crippen LogP contribution is -2.43. The van der Waals surface area contributed by atoms with Crippen LogP contribution in [0.2, 0.25) is 5.02 Å². The Labute approximate surface area is 127 Å². The van der Waals surface area contributed by atoms with Gasteiger partial charge in [0.1, 0.15) is 5.75 Å². The van der Waals surface area contributed by atoms with E-state index in [9.17, 15) is 0 Å². The van der Waals surface area contributed by atoms with Crippen molar-refractivity contribution in [3.8, 4) is 5.75 Å². The van der Waals surface area contributed by atoms with Crippen molar-refractivity contribution in [2.45, 2.75) is 51.5 Å². The van der Waals surface area contributed by atoms with Gasteiger partial charge in [0.05, 0.1) is 7.11 Å². The average molecular weight is 296 g/mol. The average Bonchev–Trinajstić information content (AvgIpc) is 2.78. The van der Waals surface area contributed by atoms with E-state index in [4.69, 9.17) is 16.3 Å². The molecule has 1 fully saturated rings. The van der Waals surface area contributed by atoms with E-state index in [2.05, 4.69) is 32.2 Å². The maximum absolute atomic E-state index is 6.25. The molecular formula is C17H26ClNO. The molecule has 2 nitrogen and oxygen atoms in total. The summed E-state index contributed by atoms with van der Waals surface area (Å²) in [6.45, 7) is 7.74. The van der Waals surface area contributed by atoms with Crippen molar-refractivity contribution in [3.05, 3.63) is 28.8 Å². The third-order valence-electron chi connectivity index (χ3n) is 4.73. The Balaban J connectivity index is 2.43. The standard InChI is InChI=1S/C17H26ClNO/c1-12(2)19-11-17(9-5-6-13(17)3)15-10-14(18)7-8-16(15)20-4/h7-8,10,12-13,19H,5-6,9,11H2,1-4H3. The van der Waals surface area contributed by atoms with Gasteiger partial charge in [-0.05, 0) is 37.0 Å². The molecule has 2 rings (SSSR count). The van der Waals surface area contributed by atoms with Crippen LogP contribution in [0.15, 0.2) is 18.2 Å². The number of ether oxygens (including phenoxy) is 1. The minimum atomic E-state index is 0.139. The highest BCUT2D eigenvalue weighted by molar-refractivity contribution is 6.30. The lowest BCUT2D eigenvalue weighted by atomic mass is 9.72. The van der Waals surface area contributed by atoms with Gasteiger partial charge in [0.25, 0.3) is 0 Å². The monoisotopic (exact) mass is 295 g/mol. The summed E-state index contributed by atoms with van der Waals surface area (Å²) in [5.41, 5.74) is 1.41. The fraction of sp³-hybridized carbons (Fsp3) is 0.647. The van der Waals surface area contributed by atoms with E-state index in [-0.39, 0.29) is 5.41 Å². The maximum atomic E-state index is 6.25. The highest BCUT2D eigenvalue weighted by atomic mass is 35.5. The molecule has 0 radical (unpaired) electrons. The predicted molar refractivity (Wildman–Crippen MR) is 85.8 cm³/mol. The molecule has 0 heterocycles. The molecule has 0 saturated heterocycles. The van der Waals surface area contributed by atoms with E-state index in [1.165, 1.54) is 24.8 Å². The number of hydrogen-bond acceptors (Lipinski definition) is 2. The molecule has 1 saturated carbocycles. The summed E-state index contributed by atoms with van der Waals surface area (Å²) in [6, 6.07) is 6.50.